The highest BCUT2D eigenvalue weighted by atomic mass is 32.1. The van der Waals surface area contributed by atoms with Crippen LogP contribution in [-0.4, -0.2) is 29.2 Å². The molecule has 0 fully saturated rings. The number of anilines is 1. The summed E-state index contributed by atoms with van der Waals surface area (Å²) >= 11 is 1.12. The zero-order valence-corrected chi connectivity index (χ0v) is 15.0. The van der Waals surface area contributed by atoms with E-state index < -0.39 is 6.16 Å². The second kappa shape index (κ2) is 7.37. The van der Waals surface area contributed by atoms with Crippen LogP contribution >= 0.6 is 11.3 Å². The van der Waals surface area contributed by atoms with Crippen molar-refractivity contribution in [3.63, 3.8) is 0 Å². The Bertz CT molecular complexity index is 936. The van der Waals surface area contributed by atoms with Crippen molar-refractivity contribution in [1.82, 2.24) is 4.98 Å². The van der Waals surface area contributed by atoms with Crippen LogP contribution in [0.25, 0.3) is 10.6 Å². The smallest absolute Gasteiger partial charge is 0.449 e. The molecule has 0 saturated carbocycles. The second-order valence-corrected chi connectivity index (χ2v) is 6.61. The summed E-state index contributed by atoms with van der Waals surface area (Å²) in [5.41, 5.74) is 2.61. The van der Waals surface area contributed by atoms with Gasteiger partial charge in [0.05, 0.1) is 16.3 Å². The third-order valence-corrected chi connectivity index (χ3v) is 4.77. The summed E-state index contributed by atoms with van der Waals surface area (Å²) in [6, 6.07) is 14.3. The van der Waals surface area contributed by atoms with Gasteiger partial charge in [-0.1, -0.05) is 35.1 Å². The Morgan fingerprint density at radius 3 is 2.50 bits per heavy atom. The van der Waals surface area contributed by atoms with E-state index in [1.165, 1.54) is 4.90 Å². The van der Waals surface area contributed by atoms with E-state index in [0.717, 1.165) is 16.9 Å². The van der Waals surface area contributed by atoms with Gasteiger partial charge in [0.1, 0.15) is 0 Å². The van der Waals surface area contributed by atoms with Gasteiger partial charge in [-0.05, 0) is 37.3 Å². The van der Waals surface area contributed by atoms with Gasteiger partial charge in [-0.25, -0.2) is 4.79 Å². The molecule has 0 aliphatic rings. The first-order valence-electron chi connectivity index (χ1n) is 7.76. The molecule has 0 radical (unpaired) electrons. The minimum atomic E-state index is -1.43. The molecule has 3 rings (SSSR count). The van der Waals surface area contributed by atoms with Crippen LogP contribution in [0.15, 0.2) is 54.7 Å². The van der Waals surface area contributed by atoms with Gasteiger partial charge in [0.15, 0.2) is 0 Å². The van der Waals surface area contributed by atoms with Crippen molar-refractivity contribution < 1.29 is 19.4 Å². The van der Waals surface area contributed by atoms with Gasteiger partial charge in [-0.3, -0.25) is 9.78 Å². The average molecular weight is 368 g/mol. The van der Waals surface area contributed by atoms with Gasteiger partial charge in [-0.2, -0.15) is 0 Å². The summed E-state index contributed by atoms with van der Waals surface area (Å²) in [4.78, 5) is 30.1. The van der Waals surface area contributed by atoms with Crippen molar-refractivity contribution in [2.24, 2.45) is 0 Å². The van der Waals surface area contributed by atoms with Gasteiger partial charge in [0, 0.05) is 18.8 Å². The van der Waals surface area contributed by atoms with E-state index in [1.54, 1.807) is 37.5 Å². The van der Waals surface area contributed by atoms with Crippen molar-refractivity contribution in [1.29, 1.82) is 0 Å². The van der Waals surface area contributed by atoms with Crippen molar-refractivity contribution in [2.45, 2.75) is 6.92 Å². The molecule has 0 aliphatic carbocycles. The Hall–Kier alpha value is -3.19. The van der Waals surface area contributed by atoms with Crippen LogP contribution in [0.2, 0.25) is 0 Å². The fourth-order valence-corrected chi connectivity index (χ4v) is 3.39. The fourth-order valence-electron chi connectivity index (χ4n) is 2.38. The zero-order valence-electron chi connectivity index (χ0n) is 14.2. The number of carbonyl (C=O) groups excluding carboxylic acids is 1. The number of thiophene rings is 1. The number of nitrogens with zero attached hydrogens (tertiary/aromatic N) is 2. The maximum atomic E-state index is 12.8. The fraction of sp³-hybridized carbons (Fsp3) is 0.105. The Morgan fingerprint density at radius 1 is 1.15 bits per heavy atom. The number of aromatic nitrogens is 1. The Labute approximate surface area is 154 Å². The average Bonchev–Trinajstić information content (AvgIpc) is 3.05. The summed E-state index contributed by atoms with van der Waals surface area (Å²) in [6.45, 7) is 1.94. The monoisotopic (exact) mass is 368 g/mol. The molecule has 26 heavy (non-hydrogen) atoms. The van der Waals surface area contributed by atoms with Crippen LogP contribution in [0.4, 0.5) is 10.5 Å². The van der Waals surface area contributed by atoms with Gasteiger partial charge >= 0.3 is 6.16 Å². The SMILES string of the molecule is Cc1ccc(C(=O)N(C)c2cc(-c3ccccn3)sc2OC(=O)O)cc1. The lowest BCUT2D eigenvalue weighted by molar-refractivity contribution is 0.0991. The summed E-state index contributed by atoms with van der Waals surface area (Å²) in [5, 5.41) is 9.13. The number of amides is 1. The molecule has 0 spiro atoms. The molecule has 2 aromatic heterocycles. The van der Waals surface area contributed by atoms with E-state index in [9.17, 15) is 9.59 Å². The number of rotatable bonds is 4. The highest BCUT2D eigenvalue weighted by molar-refractivity contribution is 7.18. The van der Waals surface area contributed by atoms with Crippen molar-refractivity contribution >= 4 is 29.1 Å². The molecule has 6 nitrogen and oxygen atoms in total. The van der Waals surface area contributed by atoms with Crippen molar-refractivity contribution in [3.8, 4) is 15.6 Å². The lowest BCUT2D eigenvalue weighted by Crippen LogP contribution is -2.26. The molecule has 7 heteroatoms. The maximum Gasteiger partial charge on any atom is 0.512 e. The lowest BCUT2D eigenvalue weighted by Gasteiger charge is -2.17. The van der Waals surface area contributed by atoms with E-state index in [0.29, 0.717) is 21.8 Å². The summed E-state index contributed by atoms with van der Waals surface area (Å²) in [7, 11) is 1.58. The van der Waals surface area contributed by atoms with Crippen LogP contribution < -0.4 is 9.64 Å². The largest absolute Gasteiger partial charge is 0.512 e. The predicted molar refractivity (Wildman–Crippen MR) is 100 cm³/mol. The molecular formula is C19H16N2O4S. The highest BCUT2D eigenvalue weighted by Crippen LogP contribution is 2.42. The van der Waals surface area contributed by atoms with Crippen LogP contribution in [0.3, 0.4) is 0 Å². The molecule has 132 valence electrons. The van der Waals surface area contributed by atoms with Gasteiger partial charge in [-0.15, -0.1) is 0 Å². The Balaban J connectivity index is 1.98. The molecule has 0 unspecified atom stereocenters. The number of carbonyl (C=O) groups is 2. The van der Waals surface area contributed by atoms with Gasteiger partial charge in [0.25, 0.3) is 5.91 Å². The minimum Gasteiger partial charge on any atom is -0.449 e. The topological polar surface area (TPSA) is 79.7 Å². The van der Waals surface area contributed by atoms with E-state index in [4.69, 9.17) is 9.84 Å². The predicted octanol–water partition coefficient (Wildman–Crippen LogP) is 4.45. The molecular weight excluding hydrogens is 352 g/mol. The Morgan fingerprint density at radius 2 is 1.88 bits per heavy atom. The molecule has 1 aromatic carbocycles. The third-order valence-electron chi connectivity index (χ3n) is 3.74. The van der Waals surface area contributed by atoms with Crippen molar-refractivity contribution in [3.05, 3.63) is 65.9 Å². The number of pyridine rings is 1. The number of ether oxygens (including phenoxy) is 1. The molecule has 0 saturated heterocycles. The molecule has 1 amide bonds. The number of hydrogen-bond donors (Lipinski definition) is 1. The van der Waals surface area contributed by atoms with E-state index in [2.05, 4.69) is 4.98 Å². The van der Waals surface area contributed by atoms with Gasteiger partial charge in [0.2, 0.25) is 5.06 Å². The first-order valence-corrected chi connectivity index (χ1v) is 8.58. The standard InChI is InChI=1S/C19H16N2O4S/c1-12-6-8-13(9-7-12)17(22)21(2)15-11-16(14-5-3-4-10-20-14)26-18(15)25-19(23)24/h3-11H,1-2H3,(H,23,24). The first kappa shape index (κ1) is 17.6. The van der Waals surface area contributed by atoms with Crippen LogP contribution in [0.1, 0.15) is 15.9 Å². The zero-order chi connectivity index (χ0) is 18.7. The number of aryl methyl sites for hydroxylation is 1. The first-order chi connectivity index (χ1) is 12.5. The Kier molecular flexibility index (Phi) is 4.99. The number of hydrogen-bond acceptors (Lipinski definition) is 5. The van der Waals surface area contributed by atoms with Crippen molar-refractivity contribution in [2.75, 3.05) is 11.9 Å². The summed E-state index contributed by atoms with van der Waals surface area (Å²) < 4.78 is 4.89. The molecule has 2 heterocycles. The second-order valence-electron chi connectivity index (χ2n) is 5.60. The number of carboxylic acid groups (broad SMARTS) is 1. The highest BCUT2D eigenvalue weighted by Gasteiger charge is 2.23. The number of benzene rings is 1. The van der Waals surface area contributed by atoms with Gasteiger partial charge < -0.3 is 14.7 Å². The third kappa shape index (κ3) is 3.73. The molecule has 1 N–H and O–H groups in total. The quantitative estimate of drug-likeness (QED) is 0.688. The summed E-state index contributed by atoms with van der Waals surface area (Å²) in [5.74, 6) is -0.259. The molecule has 0 bridgehead atoms. The molecule has 3 aromatic rings. The molecule has 0 atom stereocenters. The molecule has 0 aliphatic heterocycles. The van der Waals surface area contributed by atoms with E-state index >= 15 is 0 Å². The van der Waals surface area contributed by atoms with Crippen LogP contribution in [-0.2, 0) is 0 Å². The van der Waals surface area contributed by atoms with E-state index in [-0.39, 0.29) is 11.0 Å². The normalized spacial score (nSPS) is 10.4. The summed E-state index contributed by atoms with van der Waals surface area (Å²) in [6.07, 6.45) is 0.213. The lowest BCUT2D eigenvalue weighted by atomic mass is 10.1. The van der Waals surface area contributed by atoms with Crippen LogP contribution in [0, 0.1) is 6.92 Å². The minimum absolute atomic E-state index is 0.126. The maximum absolute atomic E-state index is 12.8. The van der Waals surface area contributed by atoms with Crippen LogP contribution in [0.5, 0.6) is 5.06 Å². The van der Waals surface area contributed by atoms with E-state index in [1.807, 2.05) is 31.2 Å².